The fourth-order valence-corrected chi connectivity index (χ4v) is 6.02. The second kappa shape index (κ2) is 4.40. The first-order valence-corrected chi connectivity index (χ1v) is 9.40. The van der Waals surface area contributed by atoms with E-state index < -0.39 is 23.2 Å². The van der Waals surface area contributed by atoms with Gasteiger partial charge < -0.3 is 20.1 Å². The second-order valence-electron chi connectivity index (χ2n) is 8.54. The lowest BCUT2D eigenvalue weighted by molar-refractivity contribution is -0.156. The predicted molar refractivity (Wildman–Crippen MR) is 90.7 cm³/mol. The normalized spacial score (nSPS) is 43.7. The molecule has 1 spiro atoms. The lowest BCUT2D eigenvalue weighted by Crippen LogP contribution is -2.75. The topological polar surface area (TPSA) is 73.2 Å². The van der Waals surface area contributed by atoms with Crippen LogP contribution in [0.2, 0.25) is 0 Å². The Hall–Kier alpha value is -1.56. The summed E-state index contributed by atoms with van der Waals surface area (Å²) in [5.74, 6) is 1.34. The molecule has 0 radical (unpaired) electrons. The first-order valence-electron chi connectivity index (χ1n) is 9.40. The smallest absolute Gasteiger partial charge is 0.165 e. The second-order valence-corrected chi connectivity index (χ2v) is 8.54. The summed E-state index contributed by atoms with van der Waals surface area (Å²) in [7, 11) is 0. The number of rotatable bonds is 2. The van der Waals surface area contributed by atoms with Crippen LogP contribution in [-0.2, 0) is 11.8 Å². The molecule has 25 heavy (non-hydrogen) atoms. The van der Waals surface area contributed by atoms with Gasteiger partial charge in [0.05, 0.1) is 5.41 Å². The van der Waals surface area contributed by atoms with Gasteiger partial charge in [0.2, 0.25) is 0 Å². The number of hydrogen-bond donors (Lipinski definition) is 3. The molecular formula is C20H23NO4. The lowest BCUT2D eigenvalue weighted by Gasteiger charge is -2.61. The third-order valence-corrected chi connectivity index (χ3v) is 7.32. The van der Waals surface area contributed by atoms with Crippen LogP contribution in [-0.4, -0.2) is 57.2 Å². The van der Waals surface area contributed by atoms with Gasteiger partial charge in [0.1, 0.15) is 17.8 Å². The first kappa shape index (κ1) is 14.6. The van der Waals surface area contributed by atoms with Crippen LogP contribution in [0, 0.1) is 5.92 Å². The Morgan fingerprint density at radius 1 is 1.28 bits per heavy atom. The molecule has 1 saturated carbocycles. The van der Waals surface area contributed by atoms with Crippen molar-refractivity contribution < 1.29 is 20.1 Å². The zero-order valence-corrected chi connectivity index (χ0v) is 14.1. The number of aliphatic hydroxyl groups is 2. The highest BCUT2D eigenvalue weighted by atomic mass is 16.5. The molecule has 2 bridgehead atoms. The van der Waals surface area contributed by atoms with E-state index in [-0.39, 0.29) is 11.8 Å². The minimum atomic E-state index is -1.06. The van der Waals surface area contributed by atoms with Gasteiger partial charge >= 0.3 is 0 Å². The van der Waals surface area contributed by atoms with Crippen molar-refractivity contribution in [1.82, 2.24) is 4.90 Å². The maximum atomic E-state index is 11.9. The van der Waals surface area contributed by atoms with Crippen LogP contribution in [0.3, 0.4) is 0 Å². The van der Waals surface area contributed by atoms with E-state index in [1.807, 2.05) is 12.1 Å². The van der Waals surface area contributed by atoms with Crippen molar-refractivity contribution in [2.24, 2.45) is 5.92 Å². The highest BCUT2D eigenvalue weighted by Crippen LogP contribution is 2.64. The maximum Gasteiger partial charge on any atom is 0.165 e. The molecule has 2 heterocycles. The number of ether oxygens (including phenoxy) is 1. The predicted octanol–water partition coefficient (Wildman–Crippen LogP) is 1.09. The Bertz CT molecular complexity index is 803. The van der Waals surface area contributed by atoms with Gasteiger partial charge in [0.25, 0.3) is 0 Å². The van der Waals surface area contributed by atoms with Gasteiger partial charge in [0.15, 0.2) is 11.5 Å². The molecule has 5 atom stereocenters. The molecule has 1 aromatic rings. The van der Waals surface area contributed by atoms with Crippen molar-refractivity contribution in [3.05, 3.63) is 35.4 Å². The number of piperidine rings is 1. The molecule has 6 rings (SSSR count). The number of nitrogens with zero attached hydrogens (tertiary/aromatic N) is 1. The molecule has 0 aromatic heterocycles. The van der Waals surface area contributed by atoms with Crippen molar-refractivity contribution >= 4 is 0 Å². The average molecular weight is 341 g/mol. The Morgan fingerprint density at radius 3 is 2.92 bits per heavy atom. The number of phenols is 1. The Kier molecular flexibility index (Phi) is 2.57. The van der Waals surface area contributed by atoms with E-state index in [0.29, 0.717) is 5.75 Å². The molecule has 1 aromatic carbocycles. The molecular weight excluding hydrogens is 318 g/mol. The third-order valence-electron chi connectivity index (χ3n) is 7.32. The van der Waals surface area contributed by atoms with E-state index in [9.17, 15) is 15.3 Å². The van der Waals surface area contributed by atoms with Gasteiger partial charge in [-0.2, -0.15) is 0 Å². The minimum absolute atomic E-state index is 0.000284. The monoisotopic (exact) mass is 341 g/mol. The lowest BCUT2D eigenvalue weighted by atomic mass is 9.50. The summed E-state index contributed by atoms with van der Waals surface area (Å²) in [6.07, 6.45) is 6.29. The first-order chi connectivity index (χ1) is 12.0. The number of phenolic OH excluding ortho intramolecular Hbond substituents is 1. The molecule has 3 aliphatic carbocycles. The molecule has 5 nitrogen and oxygen atoms in total. The number of hydrogen-bond acceptors (Lipinski definition) is 5. The summed E-state index contributed by atoms with van der Waals surface area (Å²) in [6.45, 7) is 1.95. The Morgan fingerprint density at radius 2 is 2.12 bits per heavy atom. The maximum absolute atomic E-state index is 11.9. The van der Waals surface area contributed by atoms with Crippen molar-refractivity contribution in [2.45, 2.75) is 54.9 Å². The zero-order valence-electron chi connectivity index (χ0n) is 14.1. The summed E-state index contributed by atoms with van der Waals surface area (Å²) in [6, 6.07) is 3.66. The van der Waals surface area contributed by atoms with Crippen LogP contribution >= 0.6 is 0 Å². The summed E-state index contributed by atoms with van der Waals surface area (Å²) in [4.78, 5) is 2.45. The summed E-state index contributed by atoms with van der Waals surface area (Å²) in [5, 5.41) is 32.9. The fourth-order valence-electron chi connectivity index (χ4n) is 6.02. The summed E-state index contributed by atoms with van der Waals surface area (Å²) < 4.78 is 6.09. The van der Waals surface area contributed by atoms with E-state index in [1.165, 1.54) is 12.8 Å². The van der Waals surface area contributed by atoms with E-state index in [2.05, 4.69) is 4.90 Å². The Balaban J connectivity index is 1.59. The minimum Gasteiger partial charge on any atom is -0.504 e. The zero-order chi connectivity index (χ0) is 17.0. The van der Waals surface area contributed by atoms with Gasteiger partial charge in [-0.05, 0) is 49.8 Å². The number of benzene rings is 1. The molecule has 5 heteroatoms. The Labute approximate surface area is 146 Å². The van der Waals surface area contributed by atoms with Crippen LogP contribution in [0.15, 0.2) is 24.3 Å². The number of aromatic hydroxyl groups is 1. The van der Waals surface area contributed by atoms with E-state index >= 15 is 0 Å². The molecule has 132 valence electrons. The van der Waals surface area contributed by atoms with Gasteiger partial charge in [0, 0.05) is 18.2 Å². The van der Waals surface area contributed by atoms with Crippen LogP contribution < -0.4 is 4.74 Å². The van der Waals surface area contributed by atoms with E-state index in [4.69, 9.17) is 4.74 Å². The van der Waals surface area contributed by atoms with E-state index in [0.717, 1.165) is 43.0 Å². The van der Waals surface area contributed by atoms with Gasteiger partial charge in [-0.1, -0.05) is 18.2 Å². The quantitative estimate of drug-likeness (QED) is 0.703. The molecule has 2 fully saturated rings. The standard InChI is InChI=1S/C20H23NO4/c22-13-4-3-12-9-15-20(24)6-5-14(23)18-19(20,16(12)17(13)25-18)7-8-21(15)10-11-1-2-11/h3-6,11,14-15,18,22-24H,1-2,7-10H2/t14-,15-,18+,19+,20-/m1/s1. The third kappa shape index (κ3) is 1.56. The highest BCUT2D eigenvalue weighted by molar-refractivity contribution is 5.63. The van der Waals surface area contributed by atoms with Crippen LogP contribution in [0.1, 0.15) is 30.4 Å². The average Bonchev–Trinajstić information content (AvgIpc) is 3.32. The molecule has 2 aliphatic heterocycles. The summed E-state index contributed by atoms with van der Waals surface area (Å²) in [5.41, 5.74) is 0.363. The van der Waals surface area contributed by atoms with Crippen LogP contribution in [0.5, 0.6) is 11.5 Å². The van der Waals surface area contributed by atoms with Crippen molar-refractivity contribution in [3.63, 3.8) is 0 Å². The number of aliphatic hydroxyl groups excluding tert-OH is 1. The largest absolute Gasteiger partial charge is 0.504 e. The van der Waals surface area contributed by atoms with Crippen LogP contribution in [0.25, 0.3) is 0 Å². The van der Waals surface area contributed by atoms with Crippen molar-refractivity contribution in [3.8, 4) is 11.5 Å². The van der Waals surface area contributed by atoms with Crippen molar-refractivity contribution in [1.29, 1.82) is 0 Å². The molecule has 0 amide bonds. The van der Waals surface area contributed by atoms with Gasteiger partial charge in [-0.3, -0.25) is 4.90 Å². The molecule has 0 unspecified atom stereocenters. The van der Waals surface area contributed by atoms with E-state index in [1.54, 1.807) is 12.1 Å². The molecule has 5 aliphatic rings. The SMILES string of the molecule is Oc1ccc2c3c1O[C@H]1[C@H](O)C=C[C@@]4(O)[C@@H](C2)N(CC2CC2)CC[C@]314. The van der Waals surface area contributed by atoms with Crippen molar-refractivity contribution in [2.75, 3.05) is 13.1 Å². The molecule has 1 saturated heterocycles. The van der Waals surface area contributed by atoms with Gasteiger partial charge in [-0.15, -0.1) is 0 Å². The fraction of sp³-hybridized carbons (Fsp3) is 0.600. The highest BCUT2D eigenvalue weighted by Gasteiger charge is 2.71. The van der Waals surface area contributed by atoms with Crippen LogP contribution in [0.4, 0.5) is 0 Å². The number of likely N-dealkylation sites (tertiary alicyclic amines) is 1. The molecule has 3 N–H and O–H groups in total. The van der Waals surface area contributed by atoms with Gasteiger partial charge in [-0.25, -0.2) is 0 Å². The summed E-state index contributed by atoms with van der Waals surface area (Å²) >= 11 is 0.